The average Bonchev–Trinajstić information content (AvgIpc) is 3.23. The van der Waals surface area contributed by atoms with Crippen molar-refractivity contribution in [3.8, 4) is 0 Å². The van der Waals surface area contributed by atoms with Crippen LogP contribution in [0.3, 0.4) is 0 Å². The fraction of sp³-hybridized carbons (Fsp3) is 0.900. The lowest BCUT2D eigenvalue weighted by atomic mass is 10.2. The molecule has 7 nitrogen and oxygen atoms in total. The highest BCUT2D eigenvalue weighted by atomic mass is 127. The topological polar surface area (TPSA) is 69.2 Å². The van der Waals surface area contributed by atoms with Crippen LogP contribution in [0.5, 0.6) is 0 Å². The van der Waals surface area contributed by atoms with E-state index in [9.17, 15) is 4.79 Å². The van der Waals surface area contributed by atoms with Gasteiger partial charge in [0.1, 0.15) is 5.60 Å². The van der Waals surface area contributed by atoms with E-state index in [1.54, 1.807) is 0 Å². The molecule has 0 aromatic carbocycles. The highest BCUT2D eigenvalue weighted by molar-refractivity contribution is 14.0. The Labute approximate surface area is 188 Å². The van der Waals surface area contributed by atoms with Gasteiger partial charge < -0.3 is 25.2 Å². The fourth-order valence-electron chi connectivity index (χ4n) is 3.61. The van der Waals surface area contributed by atoms with Crippen LogP contribution < -0.4 is 10.6 Å². The largest absolute Gasteiger partial charge is 0.444 e. The molecule has 0 aliphatic carbocycles. The van der Waals surface area contributed by atoms with Crippen molar-refractivity contribution >= 4 is 36.0 Å². The van der Waals surface area contributed by atoms with Gasteiger partial charge in [-0.2, -0.15) is 0 Å². The summed E-state index contributed by atoms with van der Waals surface area (Å²) in [5.41, 5.74) is -0.464. The molecule has 2 heterocycles. The van der Waals surface area contributed by atoms with E-state index in [1.165, 1.54) is 38.9 Å². The number of halogens is 1. The third kappa shape index (κ3) is 9.62. The summed E-state index contributed by atoms with van der Waals surface area (Å²) in [6, 6.07) is 0.110. The van der Waals surface area contributed by atoms with Gasteiger partial charge in [-0.15, -0.1) is 24.0 Å². The van der Waals surface area contributed by atoms with Crippen molar-refractivity contribution in [2.45, 2.75) is 71.4 Å². The summed E-state index contributed by atoms with van der Waals surface area (Å²) in [6.07, 6.45) is 5.63. The normalized spacial score (nSPS) is 20.8. The van der Waals surface area contributed by atoms with Crippen molar-refractivity contribution in [2.75, 3.05) is 45.8 Å². The Balaban J connectivity index is 0.00000392. The van der Waals surface area contributed by atoms with Crippen molar-refractivity contribution in [3.63, 3.8) is 0 Å². The molecule has 2 N–H and O–H groups in total. The van der Waals surface area contributed by atoms with Crippen LogP contribution in [0, 0.1) is 0 Å². The molecule has 1 amide bonds. The number of carbonyl (C=O) groups is 1. The maximum atomic E-state index is 12.0. The van der Waals surface area contributed by atoms with E-state index in [0.717, 1.165) is 45.0 Å². The van der Waals surface area contributed by atoms with E-state index in [2.05, 4.69) is 27.4 Å². The smallest absolute Gasteiger partial charge is 0.407 e. The number of likely N-dealkylation sites (tertiary alicyclic amines) is 2. The molecule has 2 aliphatic heterocycles. The molecular weight excluding hydrogens is 469 g/mol. The molecule has 164 valence electrons. The first-order chi connectivity index (χ1) is 12.9. The maximum absolute atomic E-state index is 12.0. The molecule has 1 unspecified atom stereocenters. The van der Waals surface area contributed by atoms with Gasteiger partial charge in [0.25, 0.3) is 0 Å². The number of hydrogen-bond acceptors (Lipinski definition) is 4. The summed E-state index contributed by atoms with van der Waals surface area (Å²) >= 11 is 0. The van der Waals surface area contributed by atoms with Crippen LogP contribution in [-0.4, -0.2) is 79.3 Å². The number of aliphatic imine (C=N–C) groups is 1. The molecule has 0 radical (unpaired) electrons. The van der Waals surface area contributed by atoms with Gasteiger partial charge in [0, 0.05) is 26.2 Å². The highest BCUT2D eigenvalue weighted by Crippen LogP contribution is 2.12. The predicted octanol–water partition coefficient (Wildman–Crippen LogP) is 3.04. The van der Waals surface area contributed by atoms with E-state index in [0.29, 0.717) is 0 Å². The van der Waals surface area contributed by atoms with Crippen molar-refractivity contribution in [3.05, 3.63) is 0 Å². The summed E-state index contributed by atoms with van der Waals surface area (Å²) in [5, 5.41) is 6.37. The summed E-state index contributed by atoms with van der Waals surface area (Å²) < 4.78 is 5.36. The van der Waals surface area contributed by atoms with E-state index in [1.807, 2.05) is 20.8 Å². The Kier molecular flexibility index (Phi) is 11.5. The lowest BCUT2D eigenvalue weighted by Gasteiger charge is -2.23. The van der Waals surface area contributed by atoms with Gasteiger partial charge in [0.2, 0.25) is 0 Å². The number of nitrogens with one attached hydrogen (secondary N) is 2. The van der Waals surface area contributed by atoms with Gasteiger partial charge in [0.05, 0.1) is 6.04 Å². The number of amides is 1. The fourth-order valence-corrected chi connectivity index (χ4v) is 3.61. The Morgan fingerprint density at radius 1 is 1.18 bits per heavy atom. The molecule has 0 aromatic heterocycles. The molecule has 0 bridgehead atoms. The van der Waals surface area contributed by atoms with Gasteiger partial charge >= 0.3 is 6.09 Å². The summed E-state index contributed by atoms with van der Waals surface area (Å²) in [4.78, 5) is 21.6. The number of rotatable bonds is 7. The van der Waals surface area contributed by atoms with Crippen molar-refractivity contribution in [1.82, 2.24) is 20.4 Å². The van der Waals surface area contributed by atoms with Crippen LogP contribution in [0.15, 0.2) is 4.99 Å². The van der Waals surface area contributed by atoms with Crippen LogP contribution in [0.4, 0.5) is 4.79 Å². The van der Waals surface area contributed by atoms with E-state index < -0.39 is 5.60 Å². The summed E-state index contributed by atoms with van der Waals surface area (Å²) in [5.74, 6) is 0.965. The molecule has 2 rings (SSSR count). The predicted molar refractivity (Wildman–Crippen MR) is 126 cm³/mol. The minimum Gasteiger partial charge on any atom is -0.444 e. The molecule has 8 heteroatoms. The number of hydrogen-bond donors (Lipinski definition) is 2. The first-order valence-electron chi connectivity index (χ1n) is 10.6. The Morgan fingerprint density at radius 2 is 1.89 bits per heavy atom. The van der Waals surface area contributed by atoms with Crippen LogP contribution in [0.1, 0.15) is 59.8 Å². The van der Waals surface area contributed by atoms with Crippen LogP contribution >= 0.6 is 24.0 Å². The number of ether oxygens (including phenoxy) is 1. The van der Waals surface area contributed by atoms with Crippen molar-refractivity contribution < 1.29 is 9.53 Å². The molecule has 0 saturated carbocycles. The second kappa shape index (κ2) is 12.7. The third-order valence-electron chi connectivity index (χ3n) is 4.89. The lowest BCUT2D eigenvalue weighted by Crippen LogP contribution is -2.44. The number of alkyl carbamates (subject to hydrolysis) is 1. The zero-order valence-corrected chi connectivity index (χ0v) is 20.5. The van der Waals surface area contributed by atoms with Crippen LogP contribution in [0.2, 0.25) is 0 Å². The van der Waals surface area contributed by atoms with E-state index >= 15 is 0 Å². The molecule has 2 saturated heterocycles. The van der Waals surface area contributed by atoms with Gasteiger partial charge in [-0.05, 0) is 79.4 Å². The first-order valence-corrected chi connectivity index (χ1v) is 10.6. The van der Waals surface area contributed by atoms with Gasteiger partial charge in [-0.25, -0.2) is 4.79 Å². The molecule has 0 aromatic rings. The average molecular weight is 509 g/mol. The van der Waals surface area contributed by atoms with Gasteiger partial charge in [-0.1, -0.05) is 0 Å². The van der Waals surface area contributed by atoms with Gasteiger partial charge in [0.15, 0.2) is 5.96 Å². The molecule has 0 spiro atoms. The minimum atomic E-state index is -0.464. The van der Waals surface area contributed by atoms with Crippen molar-refractivity contribution in [2.24, 2.45) is 4.99 Å². The third-order valence-corrected chi connectivity index (χ3v) is 4.89. The number of guanidine groups is 1. The Morgan fingerprint density at radius 3 is 2.54 bits per heavy atom. The lowest BCUT2D eigenvalue weighted by molar-refractivity contribution is 0.0507. The summed E-state index contributed by atoms with van der Waals surface area (Å²) in [6.45, 7) is 14.9. The Hall–Kier alpha value is -0.770. The van der Waals surface area contributed by atoms with E-state index in [4.69, 9.17) is 9.73 Å². The molecule has 2 aliphatic rings. The SMILES string of the molecule is CCNC(=NCCCCN1CCCC1)N1CCC(NC(=O)OC(C)(C)C)C1.I. The van der Waals surface area contributed by atoms with Crippen molar-refractivity contribution in [1.29, 1.82) is 0 Å². The molecular formula is C20H40IN5O2. The zero-order valence-electron chi connectivity index (χ0n) is 18.1. The summed E-state index contributed by atoms with van der Waals surface area (Å²) in [7, 11) is 0. The molecule has 28 heavy (non-hydrogen) atoms. The van der Waals surface area contributed by atoms with Crippen LogP contribution in [0.25, 0.3) is 0 Å². The van der Waals surface area contributed by atoms with E-state index in [-0.39, 0.29) is 36.1 Å². The quantitative estimate of drug-likeness (QED) is 0.239. The van der Waals surface area contributed by atoms with Gasteiger partial charge in [-0.3, -0.25) is 4.99 Å². The maximum Gasteiger partial charge on any atom is 0.407 e. The minimum absolute atomic E-state index is 0. The molecule has 2 fully saturated rings. The number of unbranched alkanes of at least 4 members (excludes halogenated alkanes) is 1. The second-order valence-corrected chi connectivity index (χ2v) is 8.57. The second-order valence-electron chi connectivity index (χ2n) is 8.57. The monoisotopic (exact) mass is 509 g/mol. The zero-order chi connectivity index (χ0) is 19.7. The number of nitrogens with zero attached hydrogens (tertiary/aromatic N) is 3. The Bertz CT molecular complexity index is 489. The standard InChI is InChI=1S/C20H39N5O2.HI/c1-5-21-18(22-11-6-7-12-24-13-8-9-14-24)25-15-10-17(16-25)23-19(26)27-20(2,3)4;/h17H,5-16H2,1-4H3,(H,21,22)(H,23,26);1H. The van der Waals surface area contributed by atoms with Crippen LogP contribution in [-0.2, 0) is 4.74 Å². The number of carbonyl (C=O) groups excluding carboxylic acids is 1. The molecule has 1 atom stereocenters. The highest BCUT2D eigenvalue weighted by Gasteiger charge is 2.27. The first kappa shape index (κ1) is 25.3.